The van der Waals surface area contributed by atoms with Gasteiger partial charge in [-0.25, -0.2) is 14.8 Å². The van der Waals surface area contributed by atoms with Gasteiger partial charge in [0.1, 0.15) is 11.5 Å². The number of amides is 1. The molecule has 0 saturated carbocycles. The lowest BCUT2D eigenvalue weighted by Gasteiger charge is -2.04. The SMILES string of the molecule is Cc1cnc(C(=O)Nc2cc(/C=C/C(=O)O)ccn2)cn1. The Kier molecular flexibility index (Phi) is 4.35. The van der Waals surface area contributed by atoms with Gasteiger partial charge in [0.2, 0.25) is 0 Å². The highest BCUT2D eigenvalue weighted by atomic mass is 16.4. The Morgan fingerprint density at radius 2 is 2.05 bits per heavy atom. The topological polar surface area (TPSA) is 105 Å². The van der Waals surface area contributed by atoms with Gasteiger partial charge in [-0.15, -0.1) is 0 Å². The van der Waals surface area contributed by atoms with E-state index in [1.165, 1.54) is 24.7 Å². The van der Waals surface area contributed by atoms with Crippen molar-refractivity contribution in [2.75, 3.05) is 5.32 Å². The summed E-state index contributed by atoms with van der Waals surface area (Å²) >= 11 is 0. The monoisotopic (exact) mass is 284 g/mol. The summed E-state index contributed by atoms with van der Waals surface area (Å²) in [6.45, 7) is 1.77. The number of aliphatic carboxylic acids is 1. The van der Waals surface area contributed by atoms with Crippen molar-refractivity contribution >= 4 is 23.8 Å². The lowest BCUT2D eigenvalue weighted by Crippen LogP contribution is -2.15. The molecule has 7 nitrogen and oxygen atoms in total. The number of carboxylic acid groups (broad SMARTS) is 1. The highest BCUT2D eigenvalue weighted by Gasteiger charge is 2.08. The van der Waals surface area contributed by atoms with Gasteiger partial charge in [-0.3, -0.25) is 9.78 Å². The number of hydrogen-bond acceptors (Lipinski definition) is 5. The number of rotatable bonds is 4. The molecule has 0 saturated heterocycles. The predicted molar refractivity (Wildman–Crippen MR) is 75.6 cm³/mol. The maximum Gasteiger partial charge on any atom is 0.328 e. The van der Waals surface area contributed by atoms with E-state index in [4.69, 9.17) is 5.11 Å². The molecule has 0 atom stereocenters. The predicted octanol–water partition coefficient (Wildman–Crippen LogP) is 1.53. The van der Waals surface area contributed by atoms with Gasteiger partial charge < -0.3 is 10.4 Å². The van der Waals surface area contributed by atoms with Crippen LogP contribution in [0.15, 0.2) is 36.8 Å². The second kappa shape index (κ2) is 6.38. The molecule has 0 aromatic carbocycles. The van der Waals surface area contributed by atoms with E-state index in [9.17, 15) is 9.59 Å². The van der Waals surface area contributed by atoms with E-state index in [1.54, 1.807) is 19.1 Å². The molecule has 0 unspecified atom stereocenters. The minimum atomic E-state index is -1.05. The number of nitrogens with one attached hydrogen (secondary N) is 1. The van der Waals surface area contributed by atoms with E-state index in [0.717, 1.165) is 6.08 Å². The van der Waals surface area contributed by atoms with Crippen LogP contribution >= 0.6 is 0 Å². The summed E-state index contributed by atoms with van der Waals surface area (Å²) in [7, 11) is 0. The Hall–Kier alpha value is -3.09. The van der Waals surface area contributed by atoms with Crippen LogP contribution in [0.4, 0.5) is 5.82 Å². The van der Waals surface area contributed by atoms with E-state index >= 15 is 0 Å². The first-order valence-corrected chi connectivity index (χ1v) is 6.01. The molecule has 0 aliphatic carbocycles. The van der Waals surface area contributed by atoms with E-state index in [1.807, 2.05) is 0 Å². The third-order valence-corrected chi connectivity index (χ3v) is 2.46. The summed E-state index contributed by atoms with van der Waals surface area (Å²) < 4.78 is 0. The Morgan fingerprint density at radius 3 is 2.71 bits per heavy atom. The van der Waals surface area contributed by atoms with Crippen molar-refractivity contribution in [1.82, 2.24) is 15.0 Å². The molecule has 21 heavy (non-hydrogen) atoms. The van der Waals surface area contributed by atoms with Gasteiger partial charge in [0.25, 0.3) is 5.91 Å². The molecule has 7 heteroatoms. The van der Waals surface area contributed by atoms with Crippen LogP contribution in [-0.2, 0) is 4.79 Å². The van der Waals surface area contributed by atoms with Crippen molar-refractivity contribution in [3.8, 4) is 0 Å². The van der Waals surface area contributed by atoms with Crippen molar-refractivity contribution in [3.05, 3.63) is 53.8 Å². The van der Waals surface area contributed by atoms with Crippen LogP contribution in [-0.4, -0.2) is 31.9 Å². The molecule has 0 aliphatic rings. The Balaban J connectivity index is 2.12. The number of anilines is 1. The molecule has 0 radical (unpaired) electrons. The van der Waals surface area contributed by atoms with Crippen molar-refractivity contribution in [2.24, 2.45) is 0 Å². The summed E-state index contributed by atoms with van der Waals surface area (Å²) in [5, 5.41) is 11.1. The summed E-state index contributed by atoms with van der Waals surface area (Å²) in [5.41, 5.74) is 1.50. The molecular formula is C14H12N4O3. The van der Waals surface area contributed by atoms with E-state index < -0.39 is 11.9 Å². The van der Waals surface area contributed by atoms with Crippen LogP contribution in [0.2, 0.25) is 0 Å². The highest BCUT2D eigenvalue weighted by Crippen LogP contribution is 2.09. The fourth-order valence-electron chi connectivity index (χ4n) is 1.48. The second-order valence-corrected chi connectivity index (χ2v) is 4.14. The number of carbonyl (C=O) groups is 2. The number of nitrogens with zero attached hydrogens (tertiary/aromatic N) is 3. The van der Waals surface area contributed by atoms with Gasteiger partial charge in [-0.2, -0.15) is 0 Å². The van der Waals surface area contributed by atoms with Crippen LogP contribution in [0.5, 0.6) is 0 Å². The first-order chi connectivity index (χ1) is 10.0. The van der Waals surface area contributed by atoms with Gasteiger partial charge in [0.15, 0.2) is 0 Å². The Morgan fingerprint density at radius 1 is 1.24 bits per heavy atom. The fourth-order valence-corrected chi connectivity index (χ4v) is 1.48. The largest absolute Gasteiger partial charge is 0.478 e. The van der Waals surface area contributed by atoms with Crippen LogP contribution in [0, 0.1) is 6.92 Å². The van der Waals surface area contributed by atoms with Crippen molar-refractivity contribution in [1.29, 1.82) is 0 Å². The molecule has 106 valence electrons. The average Bonchev–Trinajstić information content (AvgIpc) is 2.46. The molecule has 2 rings (SSSR count). The smallest absolute Gasteiger partial charge is 0.328 e. The molecule has 2 aromatic heterocycles. The fraction of sp³-hybridized carbons (Fsp3) is 0.0714. The molecule has 2 aromatic rings. The van der Waals surface area contributed by atoms with Gasteiger partial charge in [0, 0.05) is 18.5 Å². The Bertz CT molecular complexity index is 696. The third kappa shape index (κ3) is 4.20. The molecule has 1 amide bonds. The molecular weight excluding hydrogens is 272 g/mol. The number of carboxylic acids is 1. The van der Waals surface area contributed by atoms with Crippen molar-refractivity contribution in [2.45, 2.75) is 6.92 Å². The zero-order valence-electron chi connectivity index (χ0n) is 11.1. The summed E-state index contributed by atoms with van der Waals surface area (Å²) in [4.78, 5) is 34.3. The van der Waals surface area contributed by atoms with Crippen LogP contribution in [0.25, 0.3) is 6.08 Å². The Labute approximate surface area is 120 Å². The minimum Gasteiger partial charge on any atom is -0.478 e. The minimum absolute atomic E-state index is 0.175. The molecule has 0 spiro atoms. The van der Waals surface area contributed by atoms with Crippen molar-refractivity contribution in [3.63, 3.8) is 0 Å². The lowest BCUT2D eigenvalue weighted by atomic mass is 10.2. The van der Waals surface area contributed by atoms with E-state index in [0.29, 0.717) is 17.1 Å². The number of hydrogen-bond donors (Lipinski definition) is 2. The molecule has 0 aliphatic heterocycles. The first kappa shape index (κ1) is 14.3. The van der Waals surface area contributed by atoms with Gasteiger partial charge >= 0.3 is 5.97 Å². The molecule has 2 N–H and O–H groups in total. The van der Waals surface area contributed by atoms with Gasteiger partial charge in [0.05, 0.1) is 11.9 Å². The van der Waals surface area contributed by atoms with Gasteiger partial charge in [-0.1, -0.05) is 0 Å². The standard InChI is InChI=1S/C14H12N4O3/c1-9-7-17-11(8-16-9)14(21)18-12-6-10(4-5-15-12)2-3-13(19)20/h2-8H,1H3,(H,19,20)(H,15,18,21)/b3-2+. The number of carbonyl (C=O) groups excluding carboxylic acids is 1. The quantitative estimate of drug-likeness (QED) is 0.825. The maximum absolute atomic E-state index is 11.9. The second-order valence-electron chi connectivity index (χ2n) is 4.14. The van der Waals surface area contributed by atoms with Gasteiger partial charge in [-0.05, 0) is 30.7 Å². The van der Waals surface area contributed by atoms with Crippen LogP contribution in [0.1, 0.15) is 21.7 Å². The number of aromatic nitrogens is 3. The molecule has 0 fully saturated rings. The average molecular weight is 284 g/mol. The van der Waals surface area contributed by atoms with Crippen LogP contribution < -0.4 is 5.32 Å². The zero-order valence-corrected chi connectivity index (χ0v) is 11.1. The normalized spacial score (nSPS) is 10.5. The first-order valence-electron chi connectivity index (χ1n) is 6.01. The molecule has 2 heterocycles. The highest BCUT2D eigenvalue weighted by molar-refractivity contribution is 6.02. The lowest BCUT2D eigenvalue weighted by molar-refractivity contribution is -0.131. The van der Waals surface area contributed by atoms with E-state index in [2.05, 4.69) is 20.3 Å². The maximum atomic E-state index is 11.9. The van der Waals surface area contributed by atoms with E-state index in [-0.39, 0.29) is 5.69 Å². The van der Waals surface area contributed by atoms with Crippen molar-refractivity contribution < 1.29 is 14.7 Å². The summed E-state index contributed by atoms with van der Waals surface area (Å²) in [6.07, 6.45) is 6.75. The summed E-state index contributed by atoms with van der Waals surface area (Å²) in [5.74, 6) is -1.18. The zero-order chi connectivity index (χ0) is 15.2. The molecule has 0 bridgehead atoms. The van der Waals surface area contributed by atoms with Crippen LogP contribution in [0.3, 0.4) is 0 Å². The number of pyridine rings is 1. The number of aryl methyl sites for hydroxylation is 1. The third-order valence-electron chi connectivity index (χ3n) is 2.46. The summed E-state index contributed by atoms with van der Waals surface area (Å²) in [6, 6.07) is 3.18.